The Hall–Kier alpha value is -2.84. The minimum absolute atomic E-state index is 0.268. The molecule has 0 saturated carbocycles. The molecule has 0 atom stereocenters. The zero-order valence-corrected chi connectivity index (χ0v) is 17.8. The highest BCUT2D eigenvalue weighted by atomic mass is 79.9. The van der Waals surface area contributed by atoms with Gasteiger partial charge in [0.1, 0.15) is 0 Å². The van der Waals surface area contributed by atoms with Gasteiger partial charge in [0.05, 0.1) is 29.1 Å². The maximum Gasteiger partial charge on any atom is 0.341 e. The van der Waals surface area contributed by atoms with Crippen molar-refractivity contribution < 1.29 is 24.2 Å². The number of ether oxygens (including phenoxy) is 2. The fourth-order valence-electron chi connectivity index (χ4n) is 2.70. The number of anilines is 1. The van der Waals surface area contributed by atoms with Crippen molar-refractivity contribution in [3.63, 3.8) is 0 Å². The fourth-order valence-corrected chi connectivity index (χ4v) is 3.35. The number of carboxylic acids is 1. The van der Waals surface area contributed by atoms with Crippen LogP contribution in [0.5, 0.6) is 11.5 Å². The number of rotatable bonds is 6. The molecule has 2 aromatic rings. The van der Waals surface area contributed by atoms with Crippen molar-refractivity contribution in [3.8, 4) is 11.5 Å². The normalized spacial score (nSPS) is 14.9. The minimum atomic E-state index is -1.10. The molecule has 1 amide bonds. The van der Waals surface area contributed by atoms with Crippen LogP contribution in [-0.2, 0) is 9.59 Å². The molecule has 2 aromatic carbocycles. The smallest absolute Gasteiger partial charge is 0.341 e. The molecular formula is C20H16BrClN2O5. The number of hydrogen-bond acceptors (Lipinski definition) is 5. The molecule has 0 spiro atoms. The van der Waals surface area contributed by atoms with Gasteiger partial charge in [-0.1, -0.05) is 39.7 Å². The van der Waals surface area contributed by atoms with Crippen LogP contribution in [-0.4, -0.2) is 36.4 Å². The predicted octanol–water partition coefficient (Wildman–Crippen LogP) is 4.38. The number of aliphatic carboxylic acids is 1. The topological polar surface area (TPSA) is 88.4 Å². The fraction of sp³-hybridized carbons (Fsp3) is 0.150. The number of para-hydroxylation sites is 1. The number of amides is 1. The molecule has 9 heteroatoms. The Morgan fingerprint density at radius 3 is 2.69 bits per heavy atom. The Balaban J connectivity index is 1.96. The lowest BCUT2D eigenvalue weighted by Crippen LogP contribution is -2.21. The zero-order valence-electron chi connectivity index (χ0n) is 15.5. The Morgan fingerprint density at radius 1 is 1.31 bits per heavy atom. The minimum Gasteiger partial charge on any atom is -0.493 e. The summed E-state index contributed by atoms with van der Waals surface area (Å²) in [6.07, 6.45) is 1.67. The van der Waals surface area contributed by atoms with Gasteiger partial charge in [-0.25, -0.2) is 4.79 Å². The summed E-state index contributed by atoms with van der Waals surface area (Å²) in [6.45, 7) is 1.23. The van der Waals surface area contributed by atoms with E-state index in [1.165, 1.54) is 12.1 Å². The summed E-state index contributed by atoms with van der Waals surface area (Å²) in [4.78, 5) is 23.7. The van der Waals surface area contributed by atoms with Gasteiger partial charge < -0.3 is 14.6 Å². The van der Waals surface area contributed by atoms with Crippen LogP contribution >= 0.6 is 27.5 Å². The summed E-state index contributed by atoms with van der Waals surface area (Å²) in [7, 11) is 1.44. The van der Waals surface area contributed by atoms with Gasteiger partial charge >= 0.3 is 5.97 Å². The highest BCUT2D eigenvalue weighted by Gasteiger charge is 2.30. The van der Waals surface area contributed by atoms with Crippen LogP contribution in [0.1, 0.15) is 12.5 Å². The first-order chi connectivity index (χ1) is 13.8. The van der Waals surface area contributed by atoms with Crippen molar-refractivity contribution in [2.24, 2.45) is 5.10 Å². The Labute approximate surface area is 180 Å². The average molecular weight is 480 g/mol. The van der Waals surface area contributed by atoms with Gasteiger partial charge in [-0.15, -0.1) is 0 Å². The first kappa shape index (κ1) is 20.9. The van der Waals surface area contributed by atoms with Gasteiger partial charge in [-0.05, 0) is 42.8 Å². The second-order valence-electron chi connectivity index (χ2n) is 6.02. The first-order valence-electron chi connectivity index (χ1n) is 8.40. The molecule has 0 saturated heterocycles. The van der Waals surface area contributed by atoms with E-state index < -0.39 is 12.6 Å². The lowest BCUT2D eigenvalue weighted by atomic mass is 10.1. The summed E-state index contributed by atoms with van der Waals surface area (Å²) in [5.74, 6) is -0.806. The lowest BCUT2D eigenvalue weighted by Gasteiger charge is -2.13. The second-order valence-corrected chi connectivity index (χ2v) is 7.28. The molecule has 3 rings (SSSR count). The van der Waals surface area contributed by atoms with Gasteiger partial charge in [-0.2, -0.15) is 10.1 Å². The van der Waals surface area contributed by atoms with E-state index in [2.05, 4.69) is 21.0 Å². The number of benzene rings is 2. The van der Waals surface area contributed by atoms with E-state index in [4.69, 9.17) is 26.2 Å². The first-order valence-corrected chi connectivity index (χ1v) is 9.57. The molecule has 0 unspecified atom stereocenters. The third kappa shape index (κ3) is 4.44. The molecule has 0 aromatic heterocycles. The number of carbonyl (C=O) groups is 2. The van der Waals surface area contributed by atoms with Gasteiger partial charge in [0.25, 0.3) is 5.91 Å². The predicted molar refractivity (Wildman–Crippen MR) is 114 cm³/mol. The lowest BCUT2D eigenvalue weighted by molar-refractivity contribution is -0.139. The zero-order chi connectivity index (χ0) is 21.1. The SMILES string of the molecule is COc1cc(/C=C2\C(=O)N(c3ccccc3Cl)N=C2C)c(Br)cc1OCC(=O)O. The Bertz CT molecular complexity index is 1050. The highest BCUT2D eigenvalue weighted by molar-refractivity contribution is 9.10. The third-order valence-electron chi connectivity index (χ3n) is 4.08. The second kappa shape index (κ2) is 8.67. The van der Waals surface area contributed by atoms with E-state index in [1.807, 2.05) is 0 Å². The van der Waals surface area contributed by atoms with Crippen LogP contribution in [0.4, 0.5) is 5.69 Å². The third-order valence-corrected chi connectivity index (χ3v) is 5.08. The van der Waals surface area contributed by atoms with Crippen LogP contribution in [0, 0.1) is 0 Å². The average Bonchev–Trinajstić information content (AvgIpc) is 2.96. The van der Waals surface area contributed by atoms with E-state index in [9.17, 15) is 9.59 Å². The van der Waals surface area contributed by atoms with Crippen molar-refractivity contribution in [3.05, 3.63) is 57.0 Å². The molecule has 0 fully saturated rings. The van der Waals surface area contributed by atoms with Crippen molar-refractivity contribution in [2.45, 2.75) is 6.92 Å². The van der Waals surface area contributed by atoms with Crippen LogP contribution in [0.3, 0.4) is 0 Å². The monoisotopic (exact) mass is 478 g/mol. The van der Waals surface area contributed by atoms with Gasteiger partial charge in [0.2, 0.25) is 0 Å². The molecule has 29 heavy (non-hydrogen) atoms. The number of halogens is 2. The maximum atomic E-state index is 12.9. The maximum absolute atomic E-state index is 12.9. The van der Waals surface area contributed by atoms with Gasteiger partial charge in [-0.3, -0.25) is 4.79 Å². The van der Waals surface area contributed by atoms with E-state index in [1.54, 1.807) is 49.4 Å². The van der Waals surface area contributed by atoms with Gasteiger partial charge in [0.15, 0.2) is 18.1 Å². The molecular weight excluding hydrogens is 464 g/mol. The number of nitrogens with zero attached hydrogens (tertiary/aromatic N) is 2. The van der Waals surface area contributed by atoms with Crippen molar-refractivity contribution >= 4 is 56.9 Å². The molecule has 150 valence electrons. The molecule has 0 bridgehead atoms. The summed E-state index contributed by atoms with van der Waals surface area (Å²) in [6, 6.07) is 10.2. The molecule has 1 aliphatic rings. The van der Waals surface area contributed by atoms with Crippen LogP contribution in [0.25, 0.3) is 6.08 Å². The molecule has 7 nitrogen and oxygen atoms in total. The summed E-state index contributed by atoms with van der Waals surface area (Å²) in [5, 5.41) is 14.8. The summed E-state index contributed by atoms with van der Waals surface area (Å²) >= 11 is 9.62. The Morgan fingerprint density at radius 2 is 2.03 bits per heavy atom. The molecule has 0 aliphatic carbocycles. The van der Waals surface area contributed by atoms with Crippen LogP contribution in [0.15, 0.2) is 51.5 Å². The van der Waals surface area contributed by atoms with Gasteiger partial charge in [0, 0.05) is 4.47 Å². The summed E-state index contributed by atoms with van der Waals surface area (Å²) in [5.41, 5.74) is 2.07. The van der Waals surface area contributed by atoms with E-state index in [-0.39, 0.29) is 11.7 Å². The molecule has 0 radical (unpaired) electrons. The molecule has 1 aliphatic heterocycles. The number of methoxy groups -OCH3 is 1. The number of hydrogen-bond donors (Lipinski definition) is 1. The quantitative estimate of drug-likeness (QED) is 0.621. The number of carbonyl (C=O) groups excluding carboxylic acids is 1. The van der Waals surface area contributed by atoms with Crippen molar-refractivity contribution in [1.82, 2.24) is 0 Å². The largest absolute Gasteiger partial charge is 0.493 e. The van der Waals surface area contributed by atoms with E-state index in [0.717, 1.165) is 0 Å². The number of hydrazone groups is 1. The molecule has 1 heterocycles. The summed E-state index contributed by atoms with van der Waals surface area (Å²) < 4.78 is 11.1. The standard InChI is InChI=1S/C20H16BrClN2O5/c1-11-13(20(27)24(23-11)16-6-4-3-5-15(16)22)7-12-8-17(28-2)18(9-14(12)21)29-10-19(25)26/h3-9H,10H2,1-2H3,(H,25,26)/b13-7-. The van der Waals surface area contributed by atoms with E-state index >= 15 is 0 Å². The van der Waals surface area contributed by atoms with Crippen molar-refractivity contribution in [2.75, 3.05) is 18.7 Å². The highest BCUT2D eigenvalue weighted by Crippen LogP contribution is 2.36. The Kier molecular flexibility index (Phi) is 6.24. The van der Waals surface area contributed by atoms with Crippen molar-refractivity contribution in [1.29, 1.82) is 0 Å². The molecule has 1 N–H and O–H groups in total. The van der Waals surface area contributed by atoms with Crippen LogP contribution in [0.2, 0.25) is 5.02 Å². The van der Waals surface area contributed by atoms with E-state index in [0.29, 0.717) is 37.8 Å². The van der Waals surface area contributed by atoms with Crippen LogP contribution < -0.4 is 14.5 Å². The number of carboxylic acid groups (broad SMARTS) is 1.